The summed E-state index contributed by atoms with van der Waals surface area (Å²) in [7, 11) is 0. The van der Waals surface area contributed by atoms with Gasteiger partial charge in [-0.15, -0.1) is 0 Å². The molecule has 1 aromatic heterocycles. The Morgan fingerprint density at radius 2 is 2.10 bits per heavy atom. The third-order valence-corrected chi connectivity index (χ3v) is 3.90. The van der Waals surface area contributed by atoms with Gasteiger partial charge in [-0.1, -0.05) is 30.3 Å². The van der Waals surface area contributed by atoms with Gasteiger partial charge < -0.3 is 10.4 Å². The second-order valence-corrected chi connectivity index (χ2v) is 5.48. The van der Waals surface area contributed by atoms with Gasteiger partial charge in [0.25, 0.3) is 0 Å². The molecule has 5 nitrogen and oxygen atoms in total. The fraction of sp³-hybridized carbons (Fsp3) is 0.375. The smallest absolute Gasteiger partial charge is 0.231 e. The zero-order valence-electron chi connectivity index (χ0n) is 11.8. The van der Waals surface area contributed by atoms with Crippen LogP contribution in [0.5, 0.6) is 0 Å². The van der Waals surface area contributed by atoms with E-state index in [0.29, 0.717) is 18.8 Å². The first-order chi connectivity index (χ1) is 10.2. The fourth-order valence-electron chi connectivity index (χ4n) is 2.75. The summed E-state index contributed by atoms with van der Waals surface area (Å²) >= 11 is 0. The molecule has 1 amide bonds. The quantitative estimate of drug-likeness (QED) is 0.903. The molecule has 1 aromatic carbocycles. The lowest BCUT2D eigenvalue weighted by Crippen LogP contribution is -2.28. The summed E-state index contributed by atoms with van der Waals surface area (Å²) in [6.07, 6.45) is 3.68. The summed E-state index contributed by atoms with van der Waals surface area (Å²) in [5, 5.41) is 16.9. The molecule has 2 unspecified atom stereocenters. The highest BCUT2D eigenvalue weighted by Crippen LogP contribution is 2.26. The maximum Gasteiger partial charge on any atom is 0.231 e. The minimum absolute atomic E-state index is 0.134. The van der Waals surface area contributed by atoms with E-state index in [4.69, 9.17) is 0 Å². The average Bonchev–Trinajstić information content (AvgIpc) is 3.09. The van der Waals surface area contributed by atoms with Gasteiger partial charge in [-0.2, -0.15) is 5.10 Å². The number of anilines is 1. The highest BCUT2D eigenvalue weighted by molar-refractivity contribution is 5.92. The normalized spacial score (nSPS) is 21.4. The van der Waals surface area contributed by atoms with Gasteiger partial charge in [-0.05, 0) is 24.8 Å². The summed E-state index contributed by atoms with van der Waals surface area (Å²) < 4.78 is 1.79. The van der Waals surface area contributed by atoms with Gasteiger partial charge in [0.1, 0.15) is 0 Å². The van der Waals surface area contributed by atoms with Gasteiger partial charge >= 0.3 is 0 Å². The van der Waals surface area contributed by atoms with Crippen LogP contribution in [0, 0.1) is 5.92 Å². The number of aromatic nitrogens is 2. The topological polar surface area (TPSA) is 67.2 Å². The maximum absolute atomic E-state index is 12.1. The van der Waals surface area contributed by atoms with Crippen LogP contribution in [0.25, 0.3) is 0 Å². The molecular weight excluding hydrogens is 266 g/mol. The number of nitrogens with one attached hydrogen (secondary N) is 1. The number of nitrogens with zero attached hydrogens (tertiary/aromatic N) is 2. The lowest BCUT2D eigenvalue weighted by atomic mass is 10.1. The molecule has 3 rings (SSSR count). The van der Waals surface area contributed by atoms with E-state index in [0.717, 1.165) is 18.4 Å². The SMILES string of the molecule is O=C(Nc1ccn(Cc2ccccc2)n1)C1CCCC1O. The van der Waals surface area contributed by atoms with Crippen molar-refractivity contribution >= 4 is 11.7 Å². The Balaban J connectivity index is 1.61. The van der Waals surface area contributed by atoms with Gasteiger partial charge in [0.05, 0.1) is 18.6 Å². The van der Waals surface area contributed by atoms with Crippen molar-refractivity contribution in [2.45, 2.75) is 31.9 Å². The lowest BCUT2D eigenvalue weighted by molar-refractivity contribution is -0.122. The van der Waals surface area contributed by atoms with E-state index in [9.17, 15) is 9.90 Å². The molecule has 0 spiro atoms. The molecule has 1 fully saturated rings. The van der Waals surface area contributed by atoms with Crippen LogP contribution in [0.2, 0.25) is 0 Å². The lowest BCUT2D eigenvalue weighted by Gasteiger charge is -2.12. The van der Waals surface area contributed by atoms with E-state index >= 15 is 0 Å². The van der Waals surface area contributed by atoms with Crippen LogP contribution in [0.1, 0.15) is 24.8 Å². The second-order valence-electron chi connectivity index (χ2n) is 5.48. The summed E-state index contributed by atoms with van der Waals surface area (Å²) in [6, 6.07) is 11.8. The largest absolute Gasteiger partial charge is 0.392 e. The monoisotopic (exact) mass is 285 g/mol. The second kappa shape index (κ2) is 6.10. The number of hydrogen-bond acceptors (Lipinski definition) is 3. The molecule has 0 saturated heterocycles. The molecule has 0 radical (unpaired) electrons. The molecule has 0 bridgehead atoms. The number of rotatable bonds is 4. The minimum Gasteiger partial charge on any atom is -0.392 e. The highest BCUT2D eigenvalue weighted by Gasteiger charge is 2.31. The predicted molar refractivity (Wildman–Crippen MR) is 79.7 cm³/mol. The molecule has 1 aliphatic carbocycles. The van der Waals surface area contributed by atoms with Crippen LogP contribution in [0.3, 0.4) is 0 Å². The van der Waals surface area contributed by atoms with Gasteiger partial charge in [0, 0.05) is 12.3 Å². The average molecular weight is 285 g/mol. The molecule has 110 valence electrons. The number of carbonyl (C=O) groups is 1. The fourth-order valence-corrected chi connectivity index (χ4v) is 2.75. The highest BCUT2D eigenvalue weighted by atomic mass is 16.3. The minimum atomic E-state index is -0.517. The standard InChI is InChI=1S/C16H19N3O2/c20-14-8-4-7-13(14)16(21)17-15-9-10-19(18-15)11-12-5-2-1-3-6-12/h1-3,5-6,9-10,13-14,20H,4,7-8,11H2,(H,17,18,21). The molecule has 0 aliphatic heterocycles. The number of amides is 1. The third kappa shape index (κ3) is 3.31. The number of benzene rings is 1. The van der Waals surface area contributed by atoms with Crippen molar-refractivity contribution in [3.63, 3.8) is 0 Å². The molecule has 2 aromatic rings. The van der Waals surface area contributed by atoms with Crippen molar-refractivity contribution < 1.29 is 9.90 Å². The molecule has 5 heteroatoms. The Morgan fingerprint density at radius 1 is 1.29 bits per heavy atom. The first-order valence-corrected chi connectivity index (χ1v) is 7.29. The van der Waals surface area contributed by atoms with Crippen molar-refractivity contribution in [1.29, 1.82) is 0 Å². The first kappa shape index (κ1) is 13.8. The van der Waals surface area contributed by atoms with Gasteiger partial charge in [0.15, 0.2) is 5.82 Å². The van der Waals surface area contributed by atoms with Crippen molar-refractivity contribution in [3.8, 4) is 0 Å². The third-order valence-electron chi connectivity index (χ3n) is 3.90. The van der Waals surface area contributed by atoms with E-state index in [1.54, 1.807) is 10.7 Å². The first-order valence-electron chi connectivity index (χ1n) is 7.29. The number of hydrogen-bond donors (Lipinski definition) is 2. The molecule has 1 heterocycles. The zero-order valence-corrected chi connectivity index (χ0v) is 11.8. The summed E-state index contributed by atoms with van der Waals surface area (Å²) in [6.45, 7) is 0.669. The number of aliphatic hydroxyl groups is 1. The van der Waals surface area contributed by atoms with Crippen LogP contribution in [-0.2, 0) is 11.3 Å². The molecule has 2 atom stereocenters. The van der Waals surface area contributed by atoms with Crippen LogP contribution in [0.15, 0.2) is 42.6 Å². The Bertz CT molecular complexity index is 609. The maximum atomic E-state index is 12.1. The summed E-state index contributed by atoms with van der Waals surface area (Å²) in [5.41, 5.74) is 1.16. The van der Waals surface area contributed by atoms with E-state index in [1.807, 2.05) is 36.5 Å². The van der Waals surface area contributed by atoms with Crippen LogP contribution >= 0.6 is 0 Å². The van der Waals surface area contributed by atoms with Crippen molar-refractivity contribution in [1.82, 2.24) is 9.78 Å². The van der Waals surface area contributed by atoms with Crippen molar-refractivity contribution in [3.05, 3.63) is 48.2 Å². The van der Waals surface area contributed by atoms with Gasteiger partial charge in [-0.25, -0.2) is 0 Å². The Kier molecular flexibility index (Phi) is 4.01. The summed E-state index contributed by atoms with van der Waals surface area (Å²) in [4.78, 5) is 12.1. The van der Waals surface area contributed by atoms with E-state index in [1.165, 1.54) is 0 Å². The Hall–Kier alpha value is -2.14. The Morgan fingerprint density at radius 3 is 2.81 bits per heavy atom. The van der Waals surface area contributed by atoms with E-state index < -0.39 is 6.10 Å². The van der Waals surface area contributed by atoms with Gasteiger partial charge in [-0.3, -0.25) is 9.48 Å². The molecule has 21 heavy (non-hydrogen) atoms. The number of carbonyl (C=O) groups excluding carboxylic acids is 1. The Labute approximate surface area is 123 Å². The summed E-state index contributed by atoms with van der Waals surface area (Å²) in [5.74, 6) is 0.101. The molecule has 1 saturated carbocycles. The van der Waals surface area contributed by atoms with Gasteiger partial charge in [0.2, 0.25) is 5.91 Å². The molecule has 1 aliphatic rings. The molecule has 2 N–H and O–H groups in total. The van der Waals surface area contributed by atoms with Crippen molar-refractivity contribution in [2.24, 2.45) is 5.92 Å². The number of aliphatic hydroxyl groups excluding tert-OH is 1. The van der Waals surface area contributed by atoms with Crippen LogP contribution in [0.4, 0.5) is 5.82 Å². The van der Waals surface area contributed by atoms with E-state index in [-0.39, 0.29) is 11.8 Å². The van der Waals surface area contributed by atoms with Crippen molar-refractivity contribution in [2.75, 3.05) is 5.32 Å². The predicted octanol–water partition coefficient (Wildman–Crippen LogP) is 2.03. The van der Waals surface area contributed by atoms with Crippen LogP contribution < -0.4 is 5.32 Å². The molecular formula is C16H19N3O2. The van der Waals surface area contributed by atoms with E-state index in [2.05, 4.69) is 10.4 Å². The zero-order chi connectivity index (χ0) is 14.7. The van der Waals surface area contributed by atoms with Crippen LogP contribution in [-0.4, -0.2) is 26.9 Å².